The van der Waals surface area contributed by atoms with E-state index in [2.05, 4.69) is 10.3 Å². The van der Waals surface area contributed by atoms with Crippen molar-refractivity contribution in [1.82, 2.24) is 10.3 Å². The normalized spacial score (nSPS) is 11.9. The van der Waals surface area contributed by atoms with Crippen LogP contribution in [0.5, 0.6) is 5.75 Å². The van der Waals surface area contributed by atoms with E-state index < -0.39 is 6.04 Å². The van der Waals surface area contributed by atoms with Crippen LogP contribution >= 0.6 is 11.6 Å². The van der Waals surface area contributed by atoms with Gasteiger partial charge in [-0.25, -0.2) is 4.79 Å². The van der Waals surface area contributed by atoms with Crippen LogP contribution in [0.1, 0.15) is 12.6 Å². The number of aromatic nitrogens is 1. The van der Waals surface area contributed by atoms with E-state index in [1.807, 2.05) is 18.2 Å². The monoisotopic (exact) mass is 290 g/mol. The maximum Gasteiger partial charge on any atom is 0.328 e. The van der Waals surface area contributed by atoms with Crippen molar-refractivity contribution in [3.05, 3.63) is 59.4 Å². The smallest absolute Gasteiger partial charge is 0.328 e. The lowest BCUT2D eigenvalue weighted by molar-refractivity contribution is -0.136. The third-order valence-electron chi connectivity index (χ3n) is 2.70. The highest BCUT2D eigenvalue weighted by molar-refractivity contribution is 6.30. The second-order valence-corrected chi connectivity index (χ2v) is 4.74. The Bertz CT molecular complexity index is 558. The highest BCUT2D eigenvalue weighted by atomic mass is 35.5. The van der Waals surface area contributed by atoms with E-state index in [0.717, 1.165) is 5.69 Å². The minimum Gasteiger partial charge on any atom is -0.425 e. The molecule has 0 aliphatic rings. The van der Waals surface area contributed by atoms with E-state index in [1.165, 1.54) is 0 Å². The molecule has 1 aromatic carbocycles. The second-order valence-electron chi connectivity index (χ2n) is 4.30. The highest BCUT2D eigenvalue weighted by Gasteiger charge is 2.14. The zero-order valence-electron chi connectivity index (χ0n) is 11.0. The number of halogens is 1. The Labute approximate surface area is 122 Å². The van der Waals surface area contributed by atoms with Crippen LogP contribution in [0.3, 0.4) is 0 Å². The molecular weight excluding hydrogens is 276 g/mol. The van der Waals surface area contributed by atoms with Crippen LogP contribution in [0, 0.1) is 0 Å². The quantitative estimate of drug-likeness (QED) is 0.679. The van der Waals surface area contributed by atoms with Crippen molar-refractivity contribution in [2.24, 2.45) is 0 Å². The number of carbonyl (C=O) groups excluding carboxylic acids is 1. The van der Waals surface area contributed by atoms with Gasteiger partial charge in [0.1, 0.15) is 11.8 Å². The van der Waals surface area contributed by atoms with Gasteiger partial charge in [0.25, 0.3) is 0 Å². The Hall–Kier alpha value is -1.91. The largest absolute Gasteiger partial charge is 0.425 e. The van der Waals surface area contributed by atoms with Gasteiger partial charge in [0, 0.05) is 17.8 Å². The first-order valence-corrected chi connectivity index (χ1v) is 6.63. The average molecular weight is 291 g/mol. The summed E-state index contributed by atoms with van der Waals surface area (Å²) in [5.74, 6) is 0.133. The Morgan fingerprint density at radius 3 is 2.70 bits per heavy atom. The number of benzene rings is 1. The number of rotatable bonds is 5. The molecule has 0 spiro atoms. The summed E-state index contributed by atoms with van der Waals surface area (Å²) in [7, 11) is 0. The summed E-state index contributed by atoms with van der Waals surface area (Å²) in [6, 6.07) is 11.9. The summed E-state index contributed by atoms with van der Waals surface area (Å²) in [5.41, 5.74) is 0.874. The number of nitrogens with zero attached hydrogens (tertiary/aromatic N) is 1. The standard InChI is InChI=1S/C15H15ClN2O2/c1-11(18-10-13-4-2-3-9-17-13)15(19)20-14-7-5-12(16)6-8-14/h2-9,11,18H,10H2,1H3/t11-/m0/s1. The summed E-state index contributed by atoms with van der Waals surface area (Å²) >= 11 is 5.77. The summed E-state index contributed by atoms with van der Waals surface area (Å²) in [4.78, 5) is 16.1. The minimum absolute atomic E-state index is 0.344. The molecule has 1 N–H and O–H groups in total. The molecule has 0 unspecified atom stereocenters. The SMILES string of the molecule is C[C@H](NCc1ccccn1)C(=O)Oc1ccc(Cl)cc1. The van der Waals surface area contributed by atoms with E-state index in [0.29, 0.717) is 17.3 Å². The molecule has 0 fully saturated rings. The fourth-order valence-corrected chi connectivity index (χ4v) is 1.68. The Morgan fingerprint density at radius 2 is 2.05 bits per heavy atom. The molecule has 5 heteroatoms. The molecule has 0 saturated carbocycles. The van der Waals surface area contributed by atoms with Gasteiger partial charge in [-0.05, 0) is 43.3 Å². The molecule has 1 atom stereocenters. The van der Waals surface area contributed by atoms with Crippen molar-refractivity contribution in [1.29, 1.82) is 0 Å². The highest BCUT2D eigenvalue weighted by Crippen LogP contribution is 2.15. The molecule has 0 bridgehead atoms. The van der Waals surface area contributed by atoms with Crippen LogP contribution < -0.4 is 10.1 Å². The molecular formula is C15H15ClN2O2. The fraction of sp³-hybridized carbons (Fsp3) is 0.200. The molecule has 1 aromatic heterocycles. The third-order valence-corrected chi connectivity index (χ3v) is 2.95. The van der Waals surface area contributed by atoms with Crippen molar-refractivity contribution in [3.8, 4) is 5.75 Å². The van der Waals surface area contributed by atoms with Gasteiger partial charge in [-0.15, -0.1) is 0 Å². The van der Waals surface area contributed by atoms with Gasteiger partial charge in [-0.3, -0.25) is 10.3 Å². The molecule has 104 valence electrons. The Kier molecular flexibility index (Phi) is 5.09. The summed E-state index contributed by atoms with van der Waals surface area (Å²) in [5, 5.41) is 3.67. The number of carbonyl (C=O) groups is 1. The van der Waals surface area contributed by atoms with Gasteiger partial charge in [-0.2, -0.15) is 0 Å². The van der Waals surface area contributed by atoms with Crippen molar-refractivity contribution in [3.63, 3.8) is 0 Å². The first-order chi connectivity index (χ1) is 9.65. The fourth-order valence-electron chi connectivity index (χ4n) is 1.55. The number of hydrogen-bond acceptors (Lipinski definition) is 4. The van der Waals surface area contributed by atoms with E-state index >= 15 is 0 Å². The maximum atomic E-state index is 11.9. The predicted octanol–water partition coefficient (Wildman–Crippen LogP) is 2.82. The van der Waals surface area contributed by atoms with E-state index in [4.69, 9.17) is 16.3 Å². The zero-order valence-corrected chi connectivity index (χ0v) is 11.8. The van der Waals surface area contributed by atoms with Crippen LogP contribution in [0.15, 0.2) is 48.7 Å². The number of esters is 1. The van der Waals surface area contributed by atoms with Gasteiger partial charge in [0.2, 0.25) is 0 Å². The lowest BCUT2D eigenvalue weighted by Gasteiger charge is -2.12. The predicted molar refractivity (Wildman–Crippen MR) is 77.6 cm³/mol. The average Bonchev–Trinajstić information content (AvgIpc) is 2.48. The van der Waals surface area contributed by atoms with Crippen molar-refractivity contribution >= 4 is 17.6 Å². The van der Waals surface area contributed by atoms with Crippen LogP contribution in [0.4, 0.5) is 0 Å². The number of hydrogen-bond donors (Lipinski definition) is 1. The molecule has 0 saturated heterocycles. The lowest BCUT2D eigenvalue weighted by atomic mass is 10.3. The molecule has 0 aliphatic heterocycles. The summed E-state index contributed by atoms with van der Waals surface area (Å²) < 4.78 is 5.24. The minimum atomic E-state index is -0.423. The van der Waals surface area contributed by atoms with Gasteiger partial charge < -0.3 is 4.74 Å². The van der Waals surface area contributed by atoms with E-state index in [-0.39, 0.29) is 5.97 Å². The molecule has 0 amide bonds. The van der Waals surface area contributed by atoms with Gasteiger partial charge in [0.05, 0.1) is 5.69 Å². The van der Waals surface area contributed by atoms with Crippen LogP contribution in [-0.4, -0.2) is 17.0 Å². The molecule has 2 rings (SSSR count). The lowest BCUT2D eigenvalue weighted by Crippen LogP contribution is -2.36. The first-order valence-electron chi connectivity index (χ1n) is 6.26. The van der Waals surface area contributed by atoms with Gasteiger partial charge in [-0.1, -0.05) is 17.7 Å². The number of pyridine rings is 1. The Morgan fingerprint density at radius 1 is 1.30 bits per heavy atom. The molecule has 20 heavy (non-hydrogen) atoms. The van der Waals surface area contributed by atoms with Crippen molar-refractivity contribution in [2.45, 2.75) is 19.5 Å². The maximum absolute atomic E-state index is 11.9. The summed E-state index contributed by atoms with van der Waals surface area (Å²) in [6.45, 7) is 2.26. The molecule has 0 radical (unpaired) electrons. The van der Waals surface area contributed by atoms with E-state index in [9.17, 15) is 4.79 Å². The van der Waals surface area contributed by atoms with Crippen molar-refractivity contribution in [2.75, 3.05) is 0 Å². The molecule has 2 aromatic rings. The van der Waals surface area contributed by atoms with Crippen LogP contribution in [0.2, 0.25) is 5.02 Å². The third kappa shape index (κ3) is 4.33. The second kappa shape index (κ2) is 7.03. The van der Waals surface area contributed by atoms with Gasteiger partial charge in [0.15, 0.2) is 0 Å². The van der Waals surface area contributed by atoms with Crippen LogP contribution in [0.25, 0.3) is 0 Å². The van der Waals surface area contributed by atoms with E-state index in [1.54, 1.807) is 37.4 Å². The molecule has 1 heterocycles. The number of ether oxygens (including phenoxy) is 1. The molecule has 0 aliphatic carbocycles. The topological polar surface area (TPSA) is 51.2 Å². The van der Waals surface area contributed by atoms with Gasteiger partial charge >= 0.3 is 5.97 Å². The van der Waals surface area contributed by atoms with Crippen molar-refractivity contribution < 1.29 is 9.53 Å². The molecule has 4 nitrogen and oxygen atoms in total. The number of nitrogens with one attached hydrogen (secondary N) is 1. The summed E-state index contributed by atoms with van der Waals surface area (Å²) in [6.07, 6.45) is 1.72. The zero-order chi connectivity index (χ0) is 14.4. The van der Waals surface area contributed by atoms with Crippen LogP contribution in [-0.2, 0) is 11.3 Å². The Balaban J connectivity index is 1.84. The first kappa shape index (κ1) is 14.5.